The second kappa shape index (κ2) is 8.65. The van der Waals surface area contributed by atoms with E-state index >= 15 is 0 Å². The lowest BCUT2D eigenvalue weighted by atomic mass is 10.1. The Morgan fingerprint density at radius 3 is 2.64 bits per heavy atom. The van der Waals surface area contributed by atoms with Crippen LogP contribution in [-0.2, 0) is 6.42 Å². The van der Waals surface area contributed by atoms with Gasteiger partial charge in [-0.1, -0.05) is 37.2 Å². The molecule has 134 valence electrons. The zero-order valence-corrected chi connectivity index (χ0v) is 15.1. The summed E-state index contributed by atoms with van der Waals surface area (Å²) in [6.45, 7) is 6.86. The van der Waals surface area contributed by atoms with Crippen molar-refractivity contribution in [3.05, 3.63) is 42.0 Å². The maximum atomic E-state index is 5.31. The van der Waals surface area contributed by atoms with Gasteiger partial charge in [0.15, 0.2) is 11.8 Å². The Labute approximate surface area is 149 Å². The molecule has 0 aliphatic carbocycles. The number of rotatable bonds is 5. The van der Waals surface area contributed by atoms with Gasteiger partial charge in [-0.3, -0.25) is 4.99 Å². The van der Waals surface area contributed by atoms with Crippen LogP contribution in [0.3, 0.4) is 0 Å². The van der Waals surface area contributed by atoms with Crippen molar-refractivity contribution in [3.63, 3.8) is 0 Å². The predicted octanol–water partition coefficient (Wildman–Crippen LogP) is 3.69. The first kappa shape index (κ1) is 17.5. The van der Waals surface area contributed by atoms with E-state index in [1.54, 1.807) is 0 Å². The number of aliphatic imine (C=N–C) groups is 1. The highest BCUT2D eigenvalue weighted by molar-refractivity contribution is 5.93. The average Bonchev–Trinajstić information content (AvgIpc) is 3.12. The van der Waals surface area contributed by atoms with Gasteiger partial charge in [-0.25, -0.2) is 0 Å². The van der Waals surface area contributed by atoms with Gasteiger partial charge in [0.1, 0.15) is 0 Å². The number of nitrogens with one attached hydrogen (secondary N) is 1. The molecule has 2 aromatic rings. The lowest BCUT2D eigenvalue weighted by Crippen LogP contribution is -2.40. The van der Waals surface area contributed by atoms with Gasteiger partial charge in [0.05, 0.1) is 6.54 Å². The van der Waals surface area contributed by atoms with Crippen LogP contribution in [0.15, 0.2) is 39.8 Å². The van der Waals surface area contributed by atoms with Crippen molar-refractivity contribution in [2.75, 3.05) is 25.0 Å². The van der Waals surface area contributed by atoms with Gasteiger partial charge in [0, 0.05) is 31.1 Å². The fraction of sp³-hybridized carbons (Fsp3) is 0.526. The molecule has 1 aliphatic heterocycles. The van der Waals surface area contributed by atoms with Gasteiger partial charge < -0.3 is 14.7 Å². The van der Waals surface area contributed by atoms with Crippen LogP contribution in [0.5, 0.6) is 0 Å². The molecule has 1 saturated heterocycles. The number of aromatic nitrogens is 2. The van der Waals surface area contributed by atoms with Crippen LogP contribution in [-0.4, -0.2) is 40.6 Å². The van der Waals surface area contributed by atoms with E-state index < -0.39 is 0 Å². The third kappa shape index (κ3) is 5.05. The molecular weight excluding hydrogens is 314 g/mol. The van der Waals surface area contributed by atoms with Gasteiger partial charge in [-0.15, -0.1) is 0 Å². The Hall–Kier alpha value is -2.37. The monoisotopic (exact) mass is 341 g/mol. The zero-order valence-electron chi connectivity index (χ0n) is 15.1. The summed E-state index contributed by atoms with van der Waals surface area (Å²) in [5.41, 5.74) is 1.06. The lowest BCUT2D eigenvalue weighted by molar-refractivity contribution is 0.340. The number of hydrogen-bond acceptors (Lipinski definition) is 4. The molecule has 1 aromatic carbocycles. The van der Waals surface area contributed by atoms with Crippen LogP contribution < -0.4 is 5.32 Å². The molecule has 0 bridgehead atoms. The van der Waals surface area contributed by atoms with Crippen LogP contribution in [0.4, 0.5) is 5.69 Å². The first-order valence-electron chi connectivity index (χ1n) is 9.16. The molecule has 6 heteroatoms. The molecule has 0 amide bonds. The van der Waals surface area contributed by atoms with Gasteiger partial charge in [0.25, 0.3) is 0 Å². The number of guanidine groups is 1. The number of anilines is 1. The maximum absolute atomic E-state index is 5.31. The zero-order chi connectivity index (χ0) is 17.5. The summed E-state index contributed by atoms with van der Waals surface area (Å²) in [7, 11) is 0. The van der Waals surface area contributed by atoms with E-state index in [0.29, 0.717) is 18.9 Å². The van der Waals surface area contributed by atoms with Gasteiger partial charge in [0.2, 0.25) is 5.89 Å². The molecule has 0 radical (unpaired) electrons. The van der Waals surface area contributed by atoms with Crippen molar-refractivity contribution in [1.29, 1.82) is 0 Å². The van der Waals surface area contributed by atoms with Gasteiger partial charge >= 0.3 is 0 Å². The van der Waals surface area contributed by atoms with E-state index in [9.17, 15) is 0 Å². The van der Waals surface area contributed by atoms with Gasteiger partial charge in [-0.05, 0) is 31.4 Å². The second-order valence-corrected chi connectivity index (χ2v) is 6.70. The molecule has 1 fully saturated rings. The van der Waals surface area contributed by atoms with Crippen LogP contribution in [0.25, 0.3) is 0 Å². The molecule has 25 heavy (non-hydrogen) atoms. The van der Waals surface area contributed by atoms with Crippen LogP contribution in [0.1, 0.15) is 50.7 Å². The highest BCUT2D eigenvalue weighted by atomic mass is 16.5. The normalized spacial score (nSPS) is 15.6. The number of para-hydroxylation sites is 1. The molecule has 0 spiro atoms. The minimum absolute atomic E-state index is 0.282. The number of piperidine rings is 1. The minimum atomic E-state index is 0.282. The van der Waals surface area contributed by atoms with E-state index in [-0.39, 0.29) is 5.92 Å². The van der Waals surface area contributed by atoms with E-state index in [0.717, 1.165) is 30.6 Å². The molecule has 2 heterocycles. The Balaban J connectivity index is 1.65. The van der Waals surface area contributed by atoms with Crippen molar-refractivity contribution >= 4 is 11.6 Å². The highest BCUT2D eigenvalue weighted by Gasteiger charge is 2.15. The molecule has 0 atom stereocenters. The molecular formula is C19H27N5O. The Morgan fingerprint density at radius 2 is 1.96 bits per heavy atom. The van der Waals surface area contributed by atoms with E-state index in [4.69, 9.17) is 9.52 Å². The quantitative estimate of drug-likeness (QED) is 0.663. The highest BCUT2D eigenvalue weighted by Crippen LogP contribution is 2.13. The maximum Gasteiger partial charge on any atom is 0.228 e. The smallest absolute Gasteiger partial charge is 0.228 e. The second-order valence-electron chi connectivity index (χ2n) is 6.70. The molecule has 3 rings (SSSR count). The van der Waals surface area contributed by atoms with E-state index in [1.165, 1.54) is 19.3 Å². The Kier molecular flexibility index (Phi) is 6.04. The predicted molar refractivity (Wildman–Crippen MR) is 99.9 cm³/mol. The summed E-state index contributed by atoms with van der Waals surface area (Å²) in [4.78, 5) is 11.6. The lowest BCUT2D eigenvalue weighted by Gasteiger charge is -2.30. The minimum Gasteiger partial charge on any atom is -0.343 e. The summed E-state index contributed by atoms with van der Waals surface area (Å²) in [6.07, 6.45) is 4.40. The first-order valence-corrected chi connectivity index (χ1v) is 9.16. The molecule has 1 aromatic heterocycles. The third-order valence-corrected chi connectivity index (χ3v) is 4.27. The van der Waals surface area contributed by atoms with Crippen molar-refractivity contribution in [1.82, 2.24) is 15.0 Å². The molecule has 1 N–H and O–H groups in total. The topological polar surface area (TPSA) is 66.6 Å². The number of nitrogens with zero attached hydrogens (tertiary/aromatic N) is 4. The molecule has 6 nitrogen and oxygen atoms in total. The van der Waals surface area contributed by atoms with Crippen molar-refractivity contribution < 1.29 is 4.52 Å². The summed E-state index contributed by atoms with van der Waals surface area (Å²) in [5.74, 6) is 2.64. The summed E-state index contributed by atoms with van der Waals surface area (Å²) in [6, 6.07) is 10.2. The number of likely N-dealkylation sites (tertiary alicyclic amines) is 1. The summed E-state index contributed by atoms with van der Waals surface area (Å²) < 4.78 is 5.31. The van der Waals surface area contributed by atoms with Gasteiger partial charge in [-0.2, -0.15) is 4.98 Å². The van der Waals surface area contributed by atoms with Crippen molar-refractivity contribution in [3.8, 4) is 0 Å². The molecule has 1 aliphatic rings. The standard InChI is InChI=1S/C19H27N5O/c1-15(2)18-22-17(25-23-18)11-12-20-19(24-13-7-4-8-14-24)21-16-9-5-3-6-10-16/h3,5-6,9-10,15H,4,7-8,11-14H2,1-2H3,(H,20,21). The van der Waals surface area contributed by atoms with E-state index in [2.05, 4.69) is 46.3 Å². The molecule has 0 saturated carbocycles. The largest absolute Gasteiger partial charge is 0.343 e. The SMILES string of the molecule is CC(C)c1noc(CCN=C(Nc2ccccc2)N2CCCCC2)n1. The molecule has 0 unspecified atom stereocenters. The third-order valence-electron chi connectivity index (χ3n) is 4.27. The van der Waals surface area contributed by atoms with Crippen LogP contribution in [0, 0.1) is 0 Å². The van der Waals surface area contributed by atoms with Crippen molar-refractivity contribution in [2.45, 2.75) is 45.4 Å². The summed E-state index contributed by atoms with van der Waals surface area (Å²) in [5, 5.41) is 7.48. The fourth-order valence-corrected chi connectivity index (χ4v) is 2.84. The Bertz CT molecular complexity index is 674. The fourth-order valence-electron chi connectivity index (χ4n) is 2.84. The number of benzene rings is 1. The first-order chi connectivity index (χ1) is 12.2. The summed E-state index contributed by atoms with van der Waals surface area (Å²) >= 11 is 0. The van der Waals surface area contributed by atoms with Crippen LogP contribution >= 0.6 is 0 Å². The van der Waals surface area contributed by atoms with E-state index in [1.807, 2.05) is 18.2 Å². The van der Waals surface area contributed by atoms with Crippen molar-refractivity contribution in [2.24, 2.45) is 4.99 Å². The van der Waals surface area contributed by atoms with Crippen LogP contribution in [0.2, 0.25) is 0 Å². The Morgan fingerprint density at radius 1 is 1.20 bits per heavy atom. The number of hydrogen-bond donors (Lipinski definition) is 1. The average molecular weight is 341 g/mol.